The fraction of sp³-hybridized carbons (Fsp3) is 0.158. The van der Waals surface area contributed by atoms with Crippen LogP contribution < -0.4 is 4.57 Å². The highest BCUT2D eigenvalue weighted by Gasteiger charge is 2.22. The Balaban J connectivity index is 2.29. The van der Waals surface area contributed by atoms with Gasteiger partial charge in [-0.25, -0.2) is 4.57 Å². The summed E-state index contributed by atoms with van der Waals surface area (Å²) in [6.45, 7) is 4.35. The van der Waals surface area contributed by atoms with Crippen LogP contribution in [0.25, 0.3) is 27.8 Å². The molecule has 0 aliphatic heterocycles. The minimum absolute atomic E-state index is 0.933. The van der Waals surface area contributed by atoms with Crippen LogP contribution in [0.1, 0.15) is 11.1 Å². The maximum Gasteiger partial charge on any atom is 0.403 e. The molecule has 0 saturated heterocycles. The van der Waals surface area contributed by atoms with E-state index in [0.717, 1.165) is 5.95 Å². The molecule has 2 aromatic heterocycles. The number of benzene rings is 2. The minimum atomic E-state index is 0.933. The molecular weight excluding hydrogens is 270 g/mol. The number of nitrogens with zero attached hydrogens (tertiary/aromatic N) is 3. The first-order chi connectivity index (χ1) is 10.7. The van der Waals surface area contributed by atoms with Crippen LogP contribution in [0.5, 0.6) is 0 Å². The number of aromatic nitrogens is 3. The Morgan fingerprint density at radius 3 is 2.59 bits per heavy atom. The lowest BCUT2D eigenvalue weighted by molar-refractivity contribution is -0.668. The number of rotatable bonds is 1. The Morgan fingerprint density at radius 2 is 1.77 bits per heavy atom. The highest BCUT2D eigenvalue weighted by molar-refractivity contribution is 6.10. The van der Waals surface area contributed by atoms with Crippen molar-refractivity contribution >= 4 is 21.8 Å². The van der Waals surface area contributed by atoms with E-state index in [1.165, 1.54) is 32.9 Å². The molecule has 0 atom stereocenters. The van der Waals surface area contributed by atoms with Gasteiger partial charge in [-0.1, -0.05) is 35.3 Å². The minimum Gasteiger partial charge on any atom is -0.238 e. The van der Waals surface area contributed by atoms with Gasteiger partial charge in [0.2, 0.25) is 0 Å². The summed E-state index contributed by atoms with van der Waals surface area (Å²) in [5, 5.41) is 2.55. The van der Waals surface area contributed by atoms with Crippen molar-refractivity contribution in [2.24, 2.45) is 7.05 Å². The summed E-state index contributed by atoms with van der Waals surface area (Å²) in [6, 6.07) is 14.9. The average Bonchev–Trinajstić information content (AvgIpc) is 2.87. The second-order valence-corrected chi connectivity index (χ2v) is 5.79. The van der Waals surface area contributed by atoms with Gasteiger partial charge in [0.25, 0.3) is 0 Å². The Hall–Kier alpha value is -2.68. The van der Waals surface area contributed by atoms with Gasteiger partial charge in [-0.2, -0.15) is 4.57 Å². The van der Waals surface area contributed by atoms with E-state index in [0.29, 0.717) is 0 Å². The smallest absolute Gasteiger partial charge is 0.238 e. The monoisotopic (exact) mass is 288 g/mol. The normalized spacial score (nSPS) is 11.4. The quantitative estimate of drug-likeness (QED) is 0.490. The first-order valence-corrected chi connectivity index (χ1v) is 7.49. The second-order valence-electron chi connectivity index (χ2n) is 5.79. The number of hydrogen-bond acceptors (Lipinski definition) is 1. The fourth-order valence-corrected chi connectivity index (χ4v) is 3.18. The van der Waals surface area contributed by atoms with E-state index in [-0.39, 0.29) is 0 Å². The molecule has 3 nitrogen and oxygen atoms in total. The molecule has 3 heteroatoms. The highest BCUT2D eigenvalue weighted by atomic mass is 15.2. The van der Waals surface area contributed by atoms with E-state index in [4.69, 9.17) is 0 Å². The van der Waals surface area contributed by atoms with Gasteiger partial charge in [-0.3, -0.25) is 0 Å². The van der Waals surface area contributed by atoms with Crippen molar-refractivity contribution in [3.05, 3.63) is 66.0 Å². The van der Waals surface area contributed by atoms with E-state index in [1.54, 1.807) is 0 Å². The zero-order valence-corrected chi connectivity index (χ0v) is 13.0. The van der Waals surface area contributed by atoms with Crippen molar-refractivity contribution in [1.82, 2.24) is 9.55 Å². The van der Waals surface area contributed by atoms with Crippen molar-refractivity contribution in [1.29, 1.82) is 0 Å². The molecule has 0 bridgehead atoms. The summed E-state index contributed by atoms with van der Waals surface area (Å²) < 4.78 is 4.33. The summed E-state index contributed by atoms with van der Waals surface area (Å²) in [7, 11) is 2.04. The first kappa shape index (κ1) is 13.0. The van der Waals surface area contributed by atoms with Crippen LogP contribution in [0.3, 0.4) is 0 Å². The molecule has 0 saturated carbocycles. The van der Waals surface area contributed by atoms with Crippen LogP contribution in [0, 0.1) is 13.8 Å². The molecule has 0 aliphatic carbocycles. The number of para-hydroxylation sites is 1. The Bertz CT molecular complexity index is 1010. The second kappa shape index (κ2) is 4.67. The standard InChI is InChI=1S/C19H18N3/c1-13-9-10-16-15-7-4-5-8-17(15)22(18(16)14(13)2)19-20-11-6-12-21(19)3/h4-12H,1-3H3/q+1. The molecule has 0 fully saturated rings. The summed E-state index contributed by atoms with van der Waals surface area (Å²) in [4.78, 5) is 4.62. The van der Waals surface area contributed by atoms with Gasteiger partial charge in [0, 0.05) is 16.8 Å². The van der Waals surface area contributed by atoms with Gasteiger partial charge >= 0.3 is 5.95 Å². The molecule has 0 radical (unpaired) electrons. The van der Waals surface area contributed by atoms with Gasteiger partial charge < -0.3 is 0 Å². The topological polar surface area (TPSA) is 21.7 Å². The summed E-state index contributed by atoms with van der Waals surface area (Å²) in [5.74, 6) is 0.933. The van der Waals surface area contributed by atoms with Crippen molar-refractivity contribution in [3.63, 3.8) is 0 Å². The van der Waals surface area contributed by atoms with Crippen molar-refractivity contribution in [2.75, 3.05) is 0 Å². The maximum absolute atomic E-state index is 4.62. The number of fused-ring (bicyclic) bond motifs is 3. The Labute approximate surface area is 129 Å². The molecule has 0 amide bonds. The van der Waals surface area contributed by atoms with E-state index in [9.17, 15) is 0 Å². The lowest BCUT2D eigenvalue weighted by Gasteiger charge is -2.05. The van der Waals surface area contributed by atoms with Crippen molar-refractivity contribution in [2.45, 2.75) is 13.8 Å². The largest absolute Gasteiger partial charge is 0.403 e. The van der Waals surface area contributed by atoms with Gasteiger partial charge in [0.05, 0.1) is 13.2 Å². The molecule has 108 valence electrons. The van der Waals surface area contributed by atoms with Gasteiger partial charge in [0.1, 0.15) is 17.2 Å². The Kier molecular flexibility index (Phi) is 2.76. The SMILES string of the molecule is Cc1ccc2c3ccccc3n(-c3nccc[n+]3C)c2c1C. The zero-order valence-electron chi connectivity index (χ0n) is 13.0. The van der Waals surface area contributed by atoms with Gasteiger partial charge in [-0.05, 0) is 31.0 Å². The van der Waals surface area contributed by atoms with E-state index < -0.39 is 0 Å². The Morgan fingerprint density at radius 1 is 0.955 bits per heavy atom. The third kappa shape index (κ3) is 1.69. The fourth-order valence-electron chi connectivity index (χ4n) is 3.18. The number of hydrogen-bond donors (Lipinski definition) is 0. The van der Waals surface area contributed by atoms with Crippen LogP contribution in [0.2, 0.25) is 0 Å². The lowest BCUT2D eigenvalue weighted by Crippen LogP contribution is -2.34. The predicted octanol–water partition coefficient (Wildman–Crippen LogP) is 3.62. The van der Waals surface area contributed by atoms with Crippen LogP contribution >= 0.6 is 0 Å². The van der Waals surface area contributed by atoms with Crippen LogP contribution in [0.4, 0.5) is 0 Å². The average molecular weight is 288 g/mol. The first-order valence-electron chi connectivity index (χ1n) is 7.49. The zero-order chi connectivity index (χ0) is 15.3. The van der Waals surface area contributed by atoms with E-state index in [2.05, 4.69) is 64.4 Å². The van der Waals surface area contributed by atoms with Crippen molar-refractivity contribution in [3.8, 4) is 5.95 Å². The van der Waals surface area contributed by atoms with Gasteiger partial charge in [-0.15, -0.1) is 0 Å². The third-order valence-electron chi connectivity index (χ3n) is 4.46. The summed E-state index contributed by atoms with van der Waals surface area (Å²) >= 11 is 0. The molecule has 4 rings (SSSR count). The highest BCUT2D eigenvalue weighted by Crippen LogP contribution is 2.33. The maximum atomic E-state index is 4.62. The van der Waals surface area contributed by atoms with Crippen molar-refractivity contribution < 1.29 is 4.57 Å². The summed E-state index contributed by atoms with van der Waals surface area (Å²) in [5.41, 5.74) is 5.05. The van der Waals surface area contributed by atoms with Crippen LogP contribution in [0.15, 0.2) is 54.9 Å². The molecule has 22 heavy (non-hydrogen) atoms. The van der Waals surface area contributed by atoms with E-state index in [1.807, 2.05) is 25.5 Å². The van der Waals surface area contributed by atoms with E-state index >= 15 is 0 Å². The molecule has 0 unspecified atom stereocenters. The van der Waals surface area contributed by atoms with Crippen LogP contribution in [-0.2, 0) is 7.05 Å². The molecular formula is C19H18N3+. The molecule has 0 aliphatic rings. The summed E-state index contributed by atoms with van der Waals surface area (Å²) in [6.07, 6.45) is 3.88. The molecule has 4 aromatic rings. The molecule has 0 spiro atoms. The number of aryl methyl sites for hydroxylation is 3. The third-order valence-corrected chi connectivity index (χ3v) is 4.46. The molecule has 2 heterocycles. The predicted molar refractivity (Wildman–Crippen MR) is 89.2 cm³/mol. The van der Waals surface area contributed by atoms with Gasteiger partial charge in [0.15, 0.2) is 0 Å². The molecule has 0 N–H and O–H groups in total. The molecule has 2 aromatic carbocycles. The lowest BCUT2D eigenvalue weighted by atomic mass is 10.1. The van der Waals surface area contributed by atoms with Crippen LogP contribution in [-0.4, -0.2) is 9.55 Å².